The van der Waals surface area contributed by atoms with E-state index in [0.717, 1.165) is 0 Å². The summed E-state index contributed by atoms with van der Waals surface area (Å²) in [6, 6.07) is 5.02. The molecule has 0 saturated carbocycles. The van der Waals surface area contributed by atoms with Gasteiger partial charge in [-0.15, -0.1) is 11.8 Å². The Labute approximate surface area is 149 Å². The molecule has 2 unspecified atom stereocenters. The third-order valence-corrected chi connectivity index (χ3v) is 4.83. The van der Waals surface area contributed by atoms with Gasteiger partial charge in [0.25, 0.3) is 0 Å². The predicted octanol–water partition coefficient (Wildman–Crippen LogP) is 3.47. The van der Waals surface area contributed by atoms with Crippen molar-refractivity contribution in [3.05, 3.63) is 28.2 Å². The van der Waals surface area contributed by atoms with Crippen LogP contribution in [-0.4, -0.2) is 41.5 Å². The fourth-order valence-electron chi connectivity index (χ4n) is 1.99. The van der Waals surface area contributed by atoms with Crippen LogP contribution < -0.4 is 5.32 Å². The van der Waals surface area contributed by atoms with E-state index in [4.69, 9.17) is 33.0 Å². The number of carboxylic acids is 1. The molecular weight excluding hydrogens is 361 g/mol. The summed E-state index contributed by atoms with van der Waals surface area (Å²) in [6.07, 6.45) is -0.234. The minimum Gasteiger partial charge on any atom is -0.481 e. The lowest BCUT2D eigenvalue weighted by atomic mass is 9.99. The summed E-state index contributed by atoms with van der Waals surface area (Å²) in [7, 11) is 1.45. The first-order chi connectivity index (χ1) is 10.7. The monoisotopic (exact) mass is 379 g/mol. The molecule has 2 N–H and O–H groups in total. The van der Waals surface area contributed by atoms with Gasteiger partial charge in [0.1, 0.15) is 0 Å². The number of carboxylic acid groups (broad SMARTS) is 1. The lowest BCUT2D eigenvalue weighted by molar-refractivity contribution is -0.139. The van der Waals surface area contributed by atoms with Crippen molar-refractivity contribution in [2.45, 2.75) is 36.0 Å². The van der Waals surface area contributed by atoms with Crippen molar-refractivity contribution in [2.24, 2.45) is 0 Å². The number of carbonyl (C=O) groups excluding carboxylic acids is 1. The van der Waals surface area contributed by atoms with E-state index >= 15 is 0 Å². The van der Waals surface area contributed by atoms with Gasteiger partial charge in [-0.25, -0.2) is 0 Å². The van der Waals surface area contributed by atoms with Crippen LogP contribution in [-0.2, 0) is 14.3 Å². The highest BCUT2D eigenvalue weighted by Gasteiger charge is 2.31. The highest BCUT2D eigenvalue weighted by atomic mass is 35.5. The van der Waals surface area contributed by atoms with Gasteiger partial charge >= 0.3 is 5.97 Å². The van der Waals surface area contributed by atoms with Crippen molar-refractivity contribution in [1.29, 1.82) is 0 Å². The van der Waals surface area contributed by atoms with Crippen molar-refractivity contribution in [1.82, 2.24) is 5.32 Å². The second-order valence-electron chi connectivity index (χ2n) is 5.39. The van der Waals surface area contributed by atoms with Crippen LogP contribution in [0.1, 0.15) is 20.3 Å². The van der Waals surface area contributed by atoms with Crippen molar-refractivity contribution >= 4 is 46.8 Å². The number of ether oxygens (including phenoxy) is 1. The molecule has 0 aliphatic rings. The summed E-state index contributed by atoms with van der Waals surface area (Å²) >= 11 is 13.3. The van der Waals surface area contributed by atoms with Gasteiger partial charge in [-0.05, 0) is 32.0 Å². The van der Waals surface area contributed by atoms with Crippen LogP contribution in [0.2, 0.25) is 10.0 Å². The zero-order valence-corrected chi connectivity index (χ0v) is 15.4. The maximum Gasteiger partial charge on any atom is 0.305 e. The van der Waals surface area contributed by atoms with Crippen molar-refractivity contribution in [3.8, 4) is 0 Å². The summed E-state index contributed by atoms with van der Waals surface area (Å²) in [5, 5.41) is 12.3. The number of hydrogen-bond donors (Lipinski definition) is 2. The first kappa shape index (κ1) is 20.1. The minimum atomic E-state index is -1.01. The van der Waals surface area contributed by atoms with E-state index in [-0.39, 0.29) is 18.9 Å². The largest absolute Gasteiger partial charge is 0.481 e. The molecule has 5 nitrogen and oxygen atoms in total. The topological polar surface area (TPSA) is 75.6 Å². The van der Waals surface area contributed by atoms with Crippen LogP contribution in [0.3, 0.4) is 0 Å². The normalized spacial score (nSPS) is 14.8. The molecule has 23 heavy (non-hydrogen) atoms. The second kappa shape index (κ2) is 8.78. The maximum absolute atomic E-state index is 12.4. The Kier molecular flexibility index (Phi) is 7.67. The molecule has 2 atom stereocenters. The van der Waals surface area contributed by atoms with Crippen LogP contribution in [0.4, 0.5) is 0 Å². The fourth-order valence-corrected chi connectivity index (χ4v) is 3.40. The number of benzene rings is 1. The number of carbonyl (C=O) groups is 2. The number of hydrogen-bond acceptors (Lipinski definition) is 4. The Hall–Kier alpha value is -0.950. The molecule has 0 aromatic heterocycles. The van der Waals surface area contributed by atoms with Crippen LogP contribution in [0.25, 0.3) is 0 Å². The first-order valence-electron chi connectivity index (χ1n) is 6.81. The molecule has 0 aliphatic carbocycles. The average Bonchev–Trinajstić information content (AvgIpc) is 2.41. The lowest BCUT2D eigenvalue weighted by Crippen LogP contribution is -2.52. The molecule has 8 heteroatoms. The highest BCUT2D eigenvalue weighted by Crippen LogP contribution is 2.32. The molecule has 1 aromatic carbocycles. The molecule has 1 aromatic rings. The molecule has 0 radical (unpaired) electrons. The zero-order chi connectivity index (χ0) is 17.6. The summed E-state index contributed by atoms with van der Waals surface area (Å²) in [5.74, 6) is -1.31. The van der Waals surface area contributed by atoms with Crippen molar-refractivity contribution in [3.63, 3.8) is 0 Å². The van der Waals surface area contributed by atoms with E-state index < -0.39 is 16.8 Å². The second-order valence-corrected chi connectivity index (χ2v) is 7.61. The van der Waals surface area contributed by atoms with Crippen molar-refractivity contribution in [2.75, 3.05) is 13.7 Å². The third-order valence-electron chi connectivity index (χ3n) is 3.00. The SMILES string of the molecule is COCC(C)(CC(=O)O)NC(=O)C(C)Sc1cc(Cl)ccc1Cl. The van der Waals surface area contributed by atoms with Gasteiger partial charge in [-0.1, -0.05) is 23.2 Å². The van der Waals surface area contributed by atoms with E-state index in [2.05, 4.69) is 5.32 Å². The van der Waals surface area contributed by atoms with E-state index in [9.17, 15) is 9.59 Å². The van der Waals surface area contributed by atoms with E-state index in [1.54, 1.807) is 32.0 Å². The number of aliphatic carboxylic acids is 1. The summed E-state index contributed by atoms with van der Waals surface area (Å²) in [5.41, 5.74) is -0.982. The Balaban J connectivity index is 2.78. The number of nitrogens with one attached hydrogen (secondary N) is 1. The van der Waals surface area contributed by atoms with E-state index in [0.29, 0.717) is 14.9 Å². The van der Waals surface area contributed by atoms with Gasteiger partial charge in [0.2, 0.25) is 5.91 Å². The van der Waals surface area contributed by atoms with Gasteiger partial charge in [0, 0.05) is 17.0 Å². The van der Waals surface area contributed by atoms with Crippen LogP contribution in [0, 0.1) is 0 Å². The summed E-state index contributed by atoms with van der Waals surface area (Å²) < 4.78 is 5.02. The number of amides is 1. The number of methoxy groups -OCH3 is 1. The molecule has 0 aliphatic heterocycles. The van der Waals surface area contributed by atoms with Crippen LogP contribution >= 0.6 is 35.0 Å². The standard InChI is InChI=1S/C15H19Cl2NO4S/c1-9(23-12-6-10(16)4-5-11(12)17)14(21)18-15(2,8-22-3)7-13(19)20/h4-6,9H,7-8H2,1-3H3,(H,18,21)(H,19,20). The molecular formula is C15H19Cl2NO4S. The molecule has 0 saturated heterocycles. The summed E-state index contributed by atoms with van der Waals surface area (Å²) in [6.45, 7) is 3.44. The Morgan fingerprint density at radius 3 is 2.65 bits per heavy atom. The zero-order valence-electron chi connectivity index (χ0n) is 13.1. The minimum absolute atomic E-state index is 0.0976. The van der Waals surface area contributed by atoms with Gasteiger partial charge in [0.15, 0.2) is 0 Å². The predicted molar refractivity (Wildman–Crippen MR) is 92.5 cm³/mol. The lowest BCUT2D eigenvalue weighted by Gasteiger charge is -2.29. The van der Waals surface area contributed by atoms with Gasteiger partial charge in [0.05, 0.1) is 28.8 Å². The molecule has 0 fully saturated rings. The smallest absolute Gasteiger partial charge is 0.305 e. The Morgan fingerprint density at radius 2 is 2.09 bits per heavy atom. The number of thioether (sulfide) groups is 1. The molecule has 0 bridgehead atoms. The van der Waals surface area contributed by atoms with Crippen molar-refractivity contribution < 1.29 is 19.4 Å². The average molecular weight is 380 g/mol. The van der Waals surface area contributed by atoms with Gasteiger partial charge in [-0.2, -0.15) is 0 Å². The maximum atomic E-state index is 12.4. The van der Waals surface area contributed by atoms with Gasteiger partial charge in [-0.3, -0.25) is 9.59 Å². The molecule has 128 valence electrons. The Bertz CT molecular complexity index is 585. The van der Waals surface area contributed by atoms with Gasteiger partial charge < -0.3 is 15.2 Å². The highest BCUT2D eigenvalue weighted by molar-refractivity contribution is 8.00. The van der Waals surface area contributed by atoms with E-state index in [1.165, 1.54) is 18.9 Å². The summed E-state index contributed by atoms with van der Waals surface area (Å²) in [4.78, 5) is 24.0. The number of rotatable bonds is 8. The first-order valence-corrected chi connectivity index (χ1v) is 8.45. The van der Waals surface area contributed by atoms with E-state index in [1.807, 2.05) is 0 Å². The molecule has 1 amide bonds. The molecule has 0 heterocycles. The fraction of sp³-hybridized carbons (Fsp3) is 0.467. The molecule has 0 spiro atoms. The molecule has 1 rings (SSSR count). The quantitative estimate of drug-likeness (QED) is 0.676. The van der Waals surface area contributed by atoms with Crippen LogP contribution in [0.15, 0.2) is 23.1 Å². The van der Waals surface area contributed by atoms with Crippen LogP contribution in [0.5, 0.6) is 0 Å². The number of halogens is 2. The third kappa shape index (κ3) is 6.59. The Morgan fingerprint density at radius 1 is 1.43 bits per heavy atom.